The molecule has 0 saturated heterocycles. The molecular formula is C20H24O2. The number of hydrogen-bond acceptors (Lipinski definition) is 2. The molecule has 0 heterocycles. The number of fused-ring (bicyclic) bond motifs is 2. The molecule has 2 heteroatoms. The van der Waals surface area contributed by atoms with Gasteiger partial charge in [0.25, 0.3) is 0 Å². The maximum Gasteiger partial charge on any atom is 0.115 e. The summed E-state index contributed by atoms with van der Waals surface area (Å²) in [4.78, 5) is 0. The van der Waals surface area contributed by atoms with E-state index >= 15 is 0 Å². The summed E-state index contributed by atoms with van der Waals surface area (Å²) in [5.74, 6) is 0.816. The quantitative estimate of drug-likeness (QED) is 0.749. The molecule has 2 aliphatic carbocycles. The zero-order valence-corrected chi connectivity index (χ0v) is 13.0. The maximum atomic E-state index is 9.19. The van der Waals surface area contributed by atoms with Crippen molar-refractivity contribution in [2.45, 2.75) is 51.4 Å². The van der Waals surface area contributed by atoms with Crippen molar-refractivity contribution >= 4 is 0 Å². The molecule has 0 atom stereocenters. The van der Waals surface area contributed by atoms with Crippen molar-refractivity contribution in [2.24, 2.45) is 0 Å². The SMILES string of the molecule is Oc1ccc2c(c1)CCCC2.Oc1ccc2c(c1)CCCC2. The Labute approximate surface area is 132 Å². The number of hydrogen-bond donors (Lipinski definition) is 2. The summed E-state index contributed by atoms with van der Waals surface area (Å²) in [6.45, 7) is 0. The summed E-state index contributed by atoms with van der Waals surface area (Å²) >= 11 is 0. The number of aryl methyl sites for hydroxylation is 4. The number of rotatable bonds is 0. The summed E-state index contributed by atoms with van der Waals surface area (Å²) in [6.07, 6.45) is 9.82. The summed E-state index contributed by atoms with van der Waals surface area (Å²) in [5, 5.41) is 18.4. The molecule has 0 spiro atoms. The van der Waals surface area contributed by atoms with E-state index < -0.39 is 0 Å². The molecule has 0 aromatic heterocycles. The highest BCUT2D eigenvalue weighted by atomic mass is 16.3. The van der Waals surface area contributed by atoms with Crippen molar-refractivity contribution in [2.75, 3.05) is 0 Å². The highest BCUT2D eigenvalue weighted by molar-refractivity contribution is 5.37. The van der Waals surface area contributed by atoms with Crippen LogP contribution in [0.2, 0.25) is 0 Å². The van der Waals surface area contributed by atoms with Gasteiger partial charge >= 0.3 is 0 Å². The lowest BCUT2D eigenvalue weighted by atomic mass is 9.92. The first kappa shape index (κ1) is 15.0. The maximum absolute atomic E-state index is 9.19. The minimum Gasteiger partial charge on any atom is -0.508 e. The number of aromatic hydroxyl groups is 2. The van der Waals surface area contributed by atoms with E-state index in [1.54, 1.807) is 12.1 Å². The number of phenolic OH excluding ortho intramolecular Hbond substituents is 2. The van der Waals surface area contributed by atoms with E-state index in [1.807, 2.05) is 24.3 Å². The Morgan fingerprint density at radius 1 is 0.500 bits per heavy atom. The highest BCUT2D eigenvalue weighted by Crippen LogP contribution is 2.25. The van der Waals surface area contributed by atoms with Gasteiger partial charge in [0.05, 0.1) is 0 Å². The third-order valence-corrected chi connectivity index (χ3v) is 4.66. The van der Waals surface area contributed by atoms with Gasteiger partial charge < -0.3 is 10.2 Å². The smallest absolute Gasteiger partial charge is 0.115 e. The lowest BCUT2D eigenvalue weighted by molar-refractivity contribution is 0.472. The van der Waals surface area contributed by atoms with Crippen LogP contribution >= 0.6 is 0 Å². The summed E-state index contributed by atoms with van der Waals surface area (Å²) in [6, 6.07) is 11.4. The van der Waals surface area contributed by atoms with E-state index in [0.717, 1.165) is 12.8 Å². The summed E-state index contributed by atoms with van der Waals surface area (Å²) in [7, 11) is 0. The van der Waals surface area contributed by atoms with Crippen LogP contribution in [0.5, 0.6) is 11.5 Å². The fourth-order valence-corrected chi connectivity index (χ4v) is 3.44. The van der Waals surface area contributed by atoms with Crippen molar-refractivity contribution in [1.82, 2.24) is 0 Å². The fourth-order valence-electron chi connectivity index (χ4n) is 3.44. The molecule has 116 valence electrons. The van der Waals surface area contributed by atoms with Gasteiger partial charge in [0.2, 0.25) is 0 Å². The van der Waals surface area contributed by atoms with E-state index in [1.165, 1.54) is 60.8 Å². The lowest BCUT2D eigenvalue weighted by Gasteiger charge is -2.14. The van der Waals surface area contributed by atoms with Crippen LogP contribution in [0.4, 0.5) is 0 Å². The predicted molar refractivity (Wildman–Crippen MR) is 89.5 cm³/mol. The molecule has 0 unspecified atom stereocenters. The van der Waals surface area contributed by atoms with Gasteiger partial charge in [-0.1, -0.05) is 12.1 Å². The van der Waals surface area contributed by atoms with Crippen LogP contribution < -0.4 is 0 Å². The second kappa shape index (κ2) is 6.87. The topological polar surface area (TPSA) is 40.5 Å². The van der Waals surface area contributed by atoms with E-state index in [9.17, 15) is 10.2 Å². The van der Waals surface area contributed by atoms with Crippen LogP contribution in [0.1, 0.15) is 47.9 Å². The first-order chi connectivity index (χ1) is 10.7. The molecule has 2 N–H and O–H groups in total. The second-order valence-electron chi connectivity index (χ2n) is 6.32. The number of benzene rings is 2. The molecule has 0 fully saturated rings. The van der Waals surface area contributed by atoms with Gasteiger partial charge in [0, 0.05) is 0 Å². The predicted octanol–water partition coefficient (Wildman–Crippen LogP) is 4.54. The molecule has 4 rings (SSSR count). The van der Waals surface area contributed by atoms with Crippen LogP contribution in [-0.4, -0.2) is 10.2 Å². The third kappa shape index (κ3) is 3.62. The zero-order valence-electron chi connectivity index (χ0n) is 13.0. The first-order valence-corrected chi connectivity index (χ1v) is 8.34. The second-order valence-corrected chi connectivity index (χ2v) is 6.32. The summed E-state index contributed by atoms with van der Waals surface area (Å²) in [5.41, 5.74) is 5.54. The molecule has 0 saturated carbocycles. The molecule has 2 aromatic rings. The molecule has 2 aromatic carbocycles. The number of phenols is 2. The molecule has 22 heavy (non-hydrogen) atoms. The van der Waals surface area contributed by atoms with Gasteiger partial charge in [0.1, 0.15) is 11.5 Å². The largest absolute Gasteiger partial charge is 0.508 e. The van der Waals surface area contributed by atoms with E-state index in [2.05, 4.69) is 0 Å². The van der Waals surface area contributed by atoms with Crippen LogP contribution in [0.3, 0.4) is 0 Å². The molecule has 0 radical (unpaired) electrons. The van der Waals surface area contributed by atoms with Gasteiger partial charge in [0.15, 0.2) is 0 Å². The average Bonchev–Trinajstić information content (AvgIpc) is 2.55. The average molecular weight is 296 g/mol. The molecule has 2 nitrogen and oxygen atoms in total. The van der Waals surface area contributed by atoms with Crippen molar-refractivity contribution < 1.29 is 10.2 Å². The van der Waals surface area contributed by atoms with Crippen molar-refractivity contribution in [3.8, 4) is 11.5 Å². The molecule has 0 amide bonds. The van der Waals surface area contributed by atoms with Gasteiger partial charge in [-0.05, 0) is 97.9 Å². The van der Waals surface area contributed by atoms with Gasteiger partial charge in [-0.2, -0.15) is 0 Å². The van der Waals surface area contributed by atoms with E-state index in [0.29, 0.717) is 11.5 Å². The van der Waals surface area contributed by atoms with Crippen LogP contribution in [0.15, 0.2) is 36.4 Å². The Balaban J connectivity index is 0.000000131. The Morgan fingerprint density at radius 2 is 0.864 bits per heavy atom. The monoisotopic (exact) mass is 296 g/mol. The molecule has 0 bridgehead atoms. The summed E-state index contributed by atoms with van der Waals surface area (Å²) < 4.78 is 0. The first-order valence-electron chi connectivity index (χ1n) is 8.34. The fraction of sp³-hybridized carbons (Fsp3) is 0.400. The zero-order chi connectivity index (χ0) is 15.4. The van der Waals surface area contributed by atoms with Crippen LogP contribution in [0.25, 0.3) is 0 Å². The Morgan fingerprint density at radius 3 is 1.27 bits per heavy atom. The highest BCUT2D eigenvalue weighted by Gasteiger charge is 2.09. The van der Waals surface area contributed by atoms with Crippen molar-refractivity contribution in [3.63, 3.8) is 0 Å². The Bertz CT molecular complexity index is 589. The molecule has 0 aliphatic heterocycles. The van der Waals surface area contributed by atoms with Crippen LogP contribution in [-0.2, 0) is 25.7 Å². The standard InChI is InChI=1S/2C10H12O/c2*11-10-6-5-8-3-1-2-4-9(8)7-10/h2*5-7,11H,1-4H2. The van der Waals surface area contributed by atoms with Crippen LogP contribution in [0, 0.1) is 0 Å². The molecule has 2 aliphatic rings. The normalized spacial score (nSPS) is 16.0. The Hall–Kier alpha value is -1.96. The van der Waals surface area contributed by atoms with E-state index in [-0.39, 0.29) is 0 Å². The third-order valence-electron chi connectivity index (χ3n) is 4.66. The molecular weight excluding hydrogens is 272 g/mol. The minimum atomic E-state index is 0.408. The van der Waals surface area contributed by atoms with Gasteiger partial charge in [-0.15, -0.1) is 0 Å². The lowest BCUT2D eigenvalue weighted by Crippen LogP contribution is -2.01. The Kier molecular flexibility index (Phi) is 4.67. The van der Waals surface area contributed by atoms with Crippen molar-refractivity contribution in [1.29, 1.82) is 0 Å². The minimum absolute atomic E-state index is 0.408. The van der Waals surface area contributed by atoms with Crippen molar-refractivity contribution in [3.05, 3.63) is 58.7 Å². The van der Waals surface area contributed by atoms with Gasteiger partial charge in [-0.25, -0.2) is 0 Å². The van der Waals surface area contributed by atoms with E-state index in [4.69, 9.17) is 0 Å². The van der Waals surface area contributed by atoms with Gasteiger partial charge in [-0.3, -0.25) is 0 Å².